The van der Waals surface area contributed by atoms with E-state index in [-0.39, 0.29) is 12.1 Å². The van der Waals surface area contributed by atoms with Gasteiger partial charge in [-0.1, -0.05) is 24.3 Å². The smallest absolute Gasteiger partial charge is 0.259 e. The Morgan fingerprint density at radius 2 is 2.00 bits per heavy atom. The minimum atomic E-state index is -0.118. The fourth-order valence-electron chi connectivity index (χ4n) is 2.16. The Bertz CT molecular complexity index is 587. The summed E-state index contributed by atoms with van der Waals surface area (Å²) in [5.41, 5.74) is 1.64. The second kappa shape index (κ2) is 4.65. The van der Waals surface area contributed by atoms with E-state index >= 15 is 0 Å². The van der Waals surface area contributed by atoms with Crippen molar-refractivity contribution < 1.29 is 4.79 Å². The van der Waals surface area contributed by atoms with Crippen molar-refractivity contribution in [2.24, 2.45) is 0 Å². The number of carbonyl (C=O) groups is 1. The molecular weight excluding hydrogens is 238 g/mol. The number of allylic oxidation sites excluding steroid dienone is 2. The van der Waals surface area contributed by atoms with Gasteiger partial charge in [0.05, 0.1) is 5.57 Å². The third kappa shape index (κ3) is 2.12. The number of para-hydroxylation sites is 1. The average molecular weight is 253 g/mol. The van der Waals surface area contributed by atoms with E-state index in [1.165, 1.54) is 0 Å². The Morgan fingerprint density at radius 1 is 1.21 bits per heavy atom. The molecule has 0 saturated heterocycles. The standard InChI is InChI=1S/C15H15N3O/c1-11-14(16-12-7-3-2-4-8-12)17-13-9-5-6-10-18(13)15(11)19/h2-10,13,16-17H,1H3. The summed E-state index contributed by atoms with van der Waals surface area (Å²) in [6.07, 6.45) is 7.42. The molecule has 1 aromatic rings. The molecule has 1 atom stereocenters. The first kappa shape index (κ1) is 11.6. The summed E-state index contributed by atoms with van der Waals surface area (Å²) in [5, 5.41) is 6.58. The highest BCUT2D eigenvalue weighted by molar-refractivity contribution is 5.96. The number of rotatable bonds is 2. The van der Waals surface area contributed by atoms with Gasteiger partial charge in [0.15, 0.2) is 0 Å². The maximum Gasteiger partial charge on any atom is 0.259 e. The van der Waals surface area contributed by atoms with Gasteiger partial charge in [0.1, 0.15) is 12.0 Å². The number of nitrogens with zero attached hydrogens (tertiary/aromatic N) is 1. The highest BCUT2D eigenvalue weighted by Gasteiger charge is 2.29. The van der Waals surface area contributed by atoms with Gasteiger partial charge in [-0.15, -0.1) is 0 Å². The Hall–Kier alpha value is -2.49. The zero-order valence-corrected chi connectivity index (χ0v) is 10.6. The van der Waals surface area contributed by atoms with E-state index in [1.807, 2.05) is 55.5 Å². The molecule has 2 aliphatic heterocycles. The summed E-state index contributed by atoms with van der Waals surface area (Å²) in [7, 11) is 0. The van der Waals surface area contributed by atoms with Gasteiger partial charge in [-0.25, -0.2) is 0 Å². The van der Waals surface area contributed by atoms with Gasteiger partial charge in [-0.05, 0) is 31.2 Å². The molecule has 96 valence electrons. The van der Waals surface area contributed by atoms with Crippen LogP contribution < -0.4 is 10.6 Å². The van der Waals surface area contributed by atoms with E-state index in [9.17, 15) is 4.79 Å². The molecule has 4 heteroatoms. The van der Waals surface area contributed by atoms with E-state index in [2.05, 4.69) is 10.6 Å². The lowest BCUT2D eigenvalue weighted by Gasteiger charge is -2.36. The van der Waals surface area contributed by atoms with Crippen LogP contribution in [0.25, 0.3) is 0 Å². The highest BCUT2D eigenvalue weighted by Crippen LogP contribution is 2.20. The van der Waals surface area contributed by atoms with Crippen LogP contribution in [0.2, 0.25) is 0 Å². The molecule has 2 heterocycles. The minimum absolute atomic E-state index is 0.0165. The Morgan fingerprint density at radius 3 is 2.79 bits per heavy atom. The summed E-state index contributed by atoms with van der Waals surface area (Å²) in [6.45, 7) is 1.82. The molecule has 0 saturated carbocycles. The van der Waals surface area contributed by atoms with Gasteiger partial charge < -0.3 is 10.6 Å². The van der Waals surface area contributed by atoms with Gasteiger partial charge >= 0.3 is 0 Å². The quantitative estimate of drug-likeness (QED) is 0.849. The van der Waals surface area contributed by atoms with Crippen LogP contribution in [0.3, 0.4) is 0 Å². The summed E-state index contributed by atoms with van der Waals surface area (Å²) in [5.74, 6) is 0.778. The van der Waals surface area contributed by atoms with Gasteiger partial charge in [-0.3, -0.25) is 9.69 Å². The number of amides is 1. The highest BCUT2D eigenvalue weighted by atomic mass is 16.2. The number of anilines is 1. The molecule has 4 nitrogen and oxygen atoms in total. The van der Waals surface area contributed by atoms with E-state index in [1.54, 1.807) is 11.1 Å². The second-order valence-corrected chi connectivity index (χ2v) is 4.52. The summed E-state index contributed by atoms with van der Waals surface area (Å²) in [4.78, 5) is 13.9. The van der Waals surface area contributed by atoms with Crippen molar-refractivity contribution in [1.29, 1.82) is 0 Å². The van der Waals surface area contributed by atoms with Crippen LogP contribution >= 0.6 is 0 Å². The fourth-order valence-corrected chi connectivity index (χ4v) is 2.16. The van der Waals surface area contributed by atoms with Crippen molar-refractivity contribution in [3.05, 3.63) is 66.2 Å². The maximum atomic E-state index is 12.3. The van der Waals surface area contributed by atoms with Gasteiger partial charge in [0.2, 0.25) is 0 Å². The van der Waals surface area contributed by atoms with Crippen molar-refractivity contribution >= 4 is 11.6 Å². The third-order valence-electron chi connectivity index (χ3n) is 3.22. The summed E-state index contributed by atoms with van der Waals surface area (Å²) in [6, 6.07) is 9.81. The predicted molar refractivity (Wildman–Crippen MR) is 74.8 cm³/mol. The van der Waals surface area contributed by atoms with Gasteiger partial charge in [0.25, 0.3) is 5.91 Å². The van der Waals surface area contributed by atoms with Crippen molar-refractivity contribution in [3.63, 3.8) is 0 Å². The van der Waals surface area contributed by atoms with Crippen LogP contribution in [-0.4, -0.2) is 17.0 Å². The Labute approximate surface area is 112 Å². The summed E-state index contributed by atoms with van der Waals surface area (Å²) < 4.78 is 0. The fraction of sp³-hybridized carbons (Fsp3) is 0.133. The predicted octanol–water partition coefficient (Wildman–Crippen LogP) is 2.17. The van der Waals surface area contributed by atoms with E-state index in [0.717, 1.165) is 11.5 Å². The third-order valence-corrected chi connectivity index (χ3v) is 3.22. The molecule has 0 spiro atoms. The van der Waals surface area contributed by atoms with Crippen LogP contribution in [0.5, 0.6) is 0 Å². The molecule has 0 radical (unpaired) electrons. The zero-order valence-electron chi connectivity index (χ0n) is 10.6. The number of fused-ring (bicyclic) bond motifs is 1. The maximum absolute atomic E-state index is 12.3. The first-order chi connectivity index (χ1) is 9.25. The summed E-state index contributed by atoms with van der Waals surface area (Å²) >= 11 is 0. The topological polar surface area (TPSA) is 44.4 Å². The first-order valence-electron chi connectivity index (χ1n) is 6.23. The number of hydrogen-bond donors (Lipinski definition) is 2. The molecular formula is C15H15N3O. The molecule has 0 aromatic heterocycles. The first-order valence-corrected chi connectivity index (χ1v) is 6.23. The number of nitrogens with one attached hydrogen (secondary N) is 2. The van der Waals surface area contributed by atoms with Crippen LogP contribution in [0.1, 0.15) is 6.92 Å². The number of benzene rings is 1. The lowest BCUT2D eigenvalue weighted by Crippen LogP contribution is -2.51. The molecule has 1 aromatic carbocycles. The van der Waals surface area contributed by atoms with Crippen molar-refractivity contribution in [2.75, 3.05) is 5.32 Å². The van der Waals surface area contributed by atoms with Crippen LogP contribution in [0, 0.1) is 0 Å². The van der Waals surface area contributed by atoms with E-state index < -0.39 is 0 Å². The second-order valence-electron chi connectivity index (χ2n) is 4.52. The van der Waals surface area contributed by atoms with Gasteiger partial charge in [-0.2, -0.15) is 0 Å². The lowest BCUT2D eigenvalue weighted by atomic mass is 10.1. The van der Waals surface area contributed by atoms with Gasteiger partial charge in [0, 0.05) is 11.9 Å². The largest absolute Gasteiger partial charge is 0.347 e. The monoisotopic (exact) mass is 253 g/mol. The van der Waals surface area contributed by atoms with Crippen molar-refractivity contribution in [1.82, 2.24) is 10.2 Å². The number of hydrogen-bond acceptors (Lipinski definition) is 3. The SMILES string of the molecule is CC1=C(Nc2ccccc2)NC2C=CC=CN2C1=O. The molecule has 0 bridgehead atoms. The van der Waals surface area contributed by atoms with Crippen molar-refractivity contribution in [3.8, 4) is 0 Å². The molecule has 3 rings (SSSR count). The van der Waals surface area contributed by atoms with E-state index in [0.29, 0.717) is 5.57 Å². The molecule has 2 N–H and O–H groups in total. The molecule has 19 heavy (non-hydrogen) atoms. The molecule has 1 unspecified atom stereocenters. The number of carbonyl (C=O) groups excluding carboxylic acids is 1. The average Bonchev–Trinajstić information content (AvgIpc) is 2.46. The Balaban J connectivity index is 1.89. The van der Waals surface area contributed by atoms with Crippen molar-refractivity contribution in [2.45, 2.75) is 13.1 Å². The van der Waals surface area contributed by atoms with Crippen LogP contribution in [0.15, 0.2) is 66.2 Å². The van der Waals surface area contributed by atoms with Crippen LogP contribution in [-0.2, 0) is 4.79 Å². The molecule has 2 aliphatic rings. The molecule has 0 aliphatic carbocycles. The minimum Gasteiger partial charge on any atom is -0.347 e. The normalized spacial score (nSPS) is 21.2. The van der Waals surface area contributed by atoms with Crippen LogP contribution in [0.4, 0.5) is 5.69 Å². The van der Waals surface area contributed by atoms with E-state index in [4.69, 9.17) is 0 Å². The zero-order chi connectivity index (χ0) is 13.2. The lowest BCUT2D eigenvalue weighted by molar-refractivity contribution is -0.127. The molecule has 1 amide bonds. The Kier molecular flexibility index (Phi) is 2.83. The molecule has 0 fully saturated rings.